The molecule has 0 aromatic heterocycles. The lowest BCUT2D eigenvalue weighted by Gasteiger charge is -2.10. The molecule has 1 saturated heterocycles. The summed E-state index contributed by atoms with van der Waals surface area (Å²) in [5.74, 6) is 0.315. The Balaban J connectivity index is 1.53. The molecule has 34 heavy (non-hydrogen) atoms. The Morgan fingerprint density at radius 3 is 2.65 bits per heavy atom. The molecule has 9 heteroatoms. The van der Waals surface area contributed by atoms with Gasteiger partial charge >= 0.3 is 0 Å². The van der Waals surface area contributed by atoms with E-state index < -0.39 is 4.92 Å². The fourth-order valence-corrected chi connectivity index (χ4v) is 4.44. The molecule has 0 saturated carbocycles. The van der Waals surface area contributed by atoms with E-state index in [2.05, 4.69) is 33.2 Å². The number of aryl methyl sites for hydroxylation is 1. The molecule has 0 unspecified atom stereocenters. The Bertz CT molecular complexity index is 1310. The van der Waals surface area contributed by atoms with Gasteiger partial charge < -0.3 is 10.1 Å². The van der Waals surface area contributed by atoms with Crippen LogP contribution in [0.5, 0.6) is 5.75 Å². The molecular weight excluding hydrogens is 518 g/mol. The van der Waals surface area contributed by atoms with Crippen molar-refractivity contribution in [1.82, 2.24) is 5.32 Å². The van der Waals surface area contributed by atoms with Crippen LogP contribution in [0.15, 0.2) is 81.1 Å². The number of nitro groups is 1. The maximum atomic E-state index is 12.6. The van der Waals surface area contributed by atoms with Gasteiger partial charge in [0.15, 0.2) is 5.17 Å². The first-order chi connectivity index (χ1) is 16.4. The minimum Gasteiger partial charge on any atom is -0.488 e. The van der Waals surface area contributed by atoms with Crippen LogP contribution >= 0.6 is 27.7 Å². The fourth-order valence-electron chi connectivity index (χ4n) is 3.23. The van der Waals surface area contributed by atoms with Crippen LogP contribution < -0.4 is 10.1 Å². The molecule has 4 rings (SSSR count). The maximum Gasteiger partial charge on any atom is 0.269 e. The van der Waals surface area contributed by atoms with E-state index in [1.807, 2.05) is 36.4 Å². The Labute approximate surface area is 209 Å². The summed E-state index contributed by atoms with van der Waals surface area (Å²) in [6, 6.07) is 19.7. The smallest absolute Gasteiger partial charge is 0.269 e. The summed E-state index contributed by atoms with van der Waals surface area (Å²) in [5, 5.41) is 14.3. The largest absolute Gasteiger partial charge is 0.488 e. The highest BCUT2D eigenvalue weighted by atomic mass is 79.9. The number of carbonyl (C=O) groups excluding carboxylic acids is 1. The van der Waals surface area contributed by atoms with Gasteiger partial charge in [-0.2, -0.15) is 0 Å². The van der Waals surface area contributed by atoms with Crippen LogP contribution in [-0.4, -0.2) is 16.0 Å². The molecule has 7 nitrogen and oxygen atoms in total. The van der Waals surface area contributed by atoms with E-state index in [1.54, 1.807) is 24.3 Å². The molecular formula is C25H20BrN3O4S. The first kappa shape index (κ1) is 23.7. The second-order valence-corrected chi connectivity index (χ2v) is 9.35. The van der Waals surface area contributed by atoms with Gasteiger partial charge in [0.05, 0.1) is 15.5 Å². The van der Waals surface area contributed by atoms with Gasteiger partial charge in [0.25, 0.3) is 11.6 Å². The average molecular weight is 538 g/mol. The van der Waals surface area contributed by atoms with E-state index in [0.29, 0.717) is 26.9 Å². The molecule has 0 aliphatic carbocycles. The zero-order valence-electron chi connectivity index (χ0n) is 18.2. The van der Waals surface area contributed by atoms with Gasteiger partial charge in [-0.25, -0.2) is 4.99 Å². The molecule has 1 N–H and O–H groups in total. The lowest BCUT2D eigenvalue weighted by molar-refractivity contribution is -0.384. The van der Waals surface area contributed by atoms with Crippen molar-refractivity contribution in [2.45, 2.75) is 20.0 Å². The van der Waals surface area contributed by atoms with E-state index >= 15 is 0 Å². The summed E-state index contributed by atoms with van der Waals surface area (Å²) < 4.78 is 6.77. The van der Waals surface area contributed by atoms with E-state index in [1.165, 1.54) is 29.5 Å². The molecule has 1 aliphatic rings. The van der Waals surface area contributed by atoms with Gasteiger partial charge in [-0.3, -0.25) is 14.9 Å². The van der Waals surface area contributed by atoms with E-state index in [0.717, 1.165) is 16.6 Å². The maximum absolute atomic E-state index is 12.6. The van der Waals surface area contributed by atoms with Crippen LogP contribution in [0.1, 0.15) is 23.6 Å². The van der Waals surface area contributed by atoms with Gasteiger partial charge in [0.1, 0.15) is 12.4 Å². The molecule has 3 aromatic carbocycles. The molecule has 0 bridgehead atoms. The van der Waals surface area contributed by atoms with Gasteiger partial charge in [-0.05, 0) is 65.7 Å². The molecule has 172 valence electrons. The topological polar surface area (TPSA) is 93.8 Å². The molecule has 1 aliphatic heterocycles. The molecule has 3 aromatic rings. The van der Waals surface area contributed by atoms with Gasteiger partial charge in [-0.15, -0.1) is 0 Å². The zero-order valence-corrected chi connectivity index (χ0v) is 20.6. The van der Waals surface area contributed by atoms with Gasteiger partial charge in [-0.1, -0.05) is 47.1 Å². The van der Waals surface area contributed by atoms with Crippen LogP contribution in [0.2, 0.25) is 0 Å². The van der Waals surface area contributed by atoms with Crippen LogP contribution in [0.3, 0.4) is 0 Å². The van der Waals surface area contributed by atoms with E-state index in [9.17, 15) is 14.9 Å². The Morgan fingerprint density at radius 2 is 1.91 bits per heavy atom. The number of ether oxygens (including phenoxy) is 1. The van der Waals surface area contributed by atoms with E-state index in [4.69, 9.17) is 4.74 Å². The normalized spacial score (nSPS) is 15.5. The highest BCUT2D eigenvalue weighted by Gasteiger charge is 2.24. The second-order valence-electron chi connectivity index (χ2n) is 7.40. The summed E-state index contributed by atoms with van der Waals surface area (Å²) >= 11 is 4.72. The van der Waals surface area contributed by atoms with Gasteiger partial charge in [0, 0.05) is 22.2 Å². The molecule has 1 amide bonds. The third-order valence-corrected chi connectivity index (χ3v) is 6.40. The number of halogens is 1. The summed E-state index contributed by atoms with van der Waals surface area (Å²) in [6.45, 7) is 2.24. The molecule has 0 radical (unpaired) electrons. The predicted molar refractivity (Wildman–Crippen MR) is 138 cm³/mol. The predicted octanol–water partition coefficient (Wildman–Crippen LogP) is 6.39. The standard InChI is InChI=1S/C25H20BrN3O4S/c1-2-16-6-9-20(10-7-16)27-25-28-24(30)23(34-25)14-18-13-19(26)8-11-22(18)33-15-17-4-3-5-21(12-17)29(31)32/h3-14H,2,15H2,1H3,(H,27,28,30)/b23-14-. The number of thioether (sulfide) groups is 1. The number of nitrogens with one attached hydrogen (secondary N) is 1. The highest BCUT2D eigenvalue weighted by Crippen LogP contribution is 2.32. The monoisotopic (exact) mass is 537 g/mol. The number of hydrogen-bond acceptors (Lipinski definition) is 6. The summed E-state index contributed by atoms with van der Waals surface area (Å²) in [6.07, 6.45) is 2.70. The van der Waals surface area contributed by atoms with Crippen molar-refractivity contribution in [2.75, 3.05) is 0 Å². The number of amides is 1. The summed E-state index contributed by atoms with van der Waals surface area (Å²) in [4.78, 5) is 28.2. The number of benzene rings is 3. The molecule has 0 spiro atoms. The first-order valence-corrected chi connectivity index (χ1v) is 12.1. The second kappa shape index (κ2) is 10.7. The number of amidine groups is 1. The van der Waals surface area contributed by atoms with Crippen LogP contribution in [0.4, 0.5) is 11.4 Å². The van der Waals surface area contributed by atoms with Crippen molar-refractivity contribution in [2.24, 2.45) is 4.99 Å². The minimum absolute atomic E-state index is 0.00873. The zero-order chi connectivity index (χ0) is 24.1. The van der Waals surface area contributed by atoms with Crippen LogP contribution in [0.25, 0.3) is 6.08 Å². The summed E-state index contributed by atoms with van der Waals surface area (Å²) in [7, 11) is 0. The molecule has 1 heterocycles. The number of aliphatic imine (C=N–C) groups is 1. The van der Waals surface area contributed by atoms with Crippen molar-refractivity contribution in [3.63, 3.8) is 0 Å². The van der Waals surface area contributed by atoms with Crippen molar-refractivity contribution in [3.8, 4) is 5.75 Å². The van der Waals surface area contributed by atoms with Crippen molar-refractivity contribution in [3.05, 3.63) is 103 Å². The van der Waals surface area contributed by atoms with Crippen LogP contribution in [0, 0.1) is 10.1 Å². The first-order valence-electron chi connectivity index (χ1n) is 10.5. The molecule has 1 fully saturated rings. The quantitative estimate of drug-likeness (QED) is 0.214. The average Bonchev–Trinajstić information content (AvgIpc) is 3.17. The minimum atomic E-state index is -0.438. The number of rotatable bonds is 7. The lowest BCUT2D eigenvalue weighted by Crippen LogP contribution is -2.19. The fraction of sp³-hybridized carbons (Fsp3) is 0.120. The number of carbonyl (C=O) groups is 1. The highest BCUT2D eigenvalue weighted by molar-refractivity contribution is 9.10. The lowest BCUT2D eigenvalue weighted by atomic mass is 10.1. The number of hydrogen-bond donors (Lipinski definition) is 1. The van der Waals surface area contributed by atoms with Gasteiger partial charge in [0.2, 0.25) is 0 Å². The molecule has 0 atom stereocenters. The third kappa shape index (κ3) is 5.92. The number of nitro benzene ring substituents is 1. The summed E-state index contributed by atoms with van der Waals surface area (Å²) in [5.41, 5.74) is 3.37. The van der Waals surface area contributed by atoms with Crippen molar-refractivity contribution in [1.29, 1.82) is 0 Å². The Kier molecular flexibility index (Phi) is 7.44. The number of non-ortho nitro benzene ring substituents is 1. The third-order valence-electron chi connectivity index (χ3n) is 5.00. The SMILES string of the molecule is CCc1ccc(N=C2NC(=O)/C(=C/c3cc(Br)ccc3OCc3cccc([N+](=O)[O-])c3)S2)cc1. The van der Waals surface area contributed by atoms with E-state index in [-0.39, 0.29) is 18.2 Å². The Morgan fingerprint density at radius 1 is 1.12 bits per heavy atom. The number of nitrogens with zero attached hydrogens (tertiary/aromatic N) is 2. The van der Waals surface area contributed by atoms with Crippen LogP contribution in [-0.2, 0) is 17.8 Å². The Hall–Kier alpha value is -3.43. The van der Waals surface area contributed by atoms with Crippen molar-refractivity contribution >= 4 is 56.2 Å². The van der Waals surface area contributed by atoms with Crippen molar-refractivity contribution < 1.29 is 14.5 Å².